The van der Waals surface area contributed by atoms with E-state index in [4.69, 9.17) is 4.74 Å². The fourth-order valence-corrected chi connectivity index (χ4v) is 3.07. The number of ether oxygens (including phenoxy) is 1. The maximum absolute atomic E-state index is 12.4. The van der Waals surface area contributed by atoms with E-state index in [0.717, 1.165) is 44.1 Å². The molecule has 0 aromatic carbocycles. The van der Waals surface area contributed by atoms with Crippen LogP contribution in [0, 0.1) is 5.92 Å². The number of carbonyl (C=O) groups is 1. The number of aromatic nitrogens is 3. The Bertz CT molecular complexity index is 484. The zero-order valence-corrected chi connectivity index (χ0v) is 12.7. The Morgan fingerprint density at radius 2 is 2.24 bits per heavy atom. The van der Waals surface area contributed by atoms with Crippen molar-refractivity contribution in [3.63, 3.8) is 0 Å². The van der Waals surface area contributed by atoms with E-state index in [2.05, 4.69) is 14.8 Å². The number of likely N-dealkylation sites (tertiary alicyclic amines) is 1. The van der Waals surface area contributed by atoms with E-state index in [1.807, 2.05) is 11.2 Å². The number of amides is 1. The summed E-state index contributed by atoms with van der Waals surface area (Å²) < 4.78 is 7.19. The molecule has 0 bridgehead atoms. The second-order valence-electron chi connectivity index (χ2n) is 6.13. The molecule has 6 nitrogen and oxygen atoms in total. The molecule has 3 rings (SSSR count). The molecule has 1 aromatic heterocycles. The number of rotatable bonds is 6. The first-order chi connectivity index (χ1) is 10.3. The van der Waals surface area contributed by atoms with Gasteiger partial charge in [0.2, 0.25) is 5.91 Å². The van der Waals surface area contributed by atoms with Crippen LogP contribution in [0.5, 0.6) is 0 Å². The zero-order chi connectivity index (χ0) is 14.7. The molecular weight excluding hydrogens is 268 g/mol. The first kappa shape index (κ1) is 14.5. The number of carbonyl (C=O) groups excluding carboxylic acids is 1. The summed E-state index contributed by atoms with van der Waals surface area (Å²) in [6, 6.07) is 0.0874. The Morgan fingerprint density at radius 1 is 1.38 bits per heavy atom. The van der Waals surface area contributed by atoms with E-state index in [0.29, 0.717) is 13.0 Å². The second kappa shape index (κ2) is 6.56. The molecule has 6 heteroatoms. The zero-order valence-electron chi connectivity index (χ0n) is 12.7. The van der Waals surface area contributed by atoms with Crippen molar-refractivity contribution in [2.24, 2.45) is 5.92 Å². The van der Waals surface area contributed by atoms with E-state index in [9.17, 15) is 4.79 Å². The van der Waals surface area contributed by atoms with Gasteiger partial charge in [-0.25, -0.2) is 0 Å². The van der Waals surface area contributed by atoms with Crippen LogP contribution in [0.1, 0.15) is 50.4 Å². The highest BCUT2D eigenvalue weighted by molar-refractivity contribution is 5.76. The smallest absolute Gasteiger partial charge is 0.225 e. The molecule has 1 aliphatic heterocycles. The Kier molecular flexibility index (Phi) is 4.53. The molecule has 1 aromatic rings. The molecule has 1 amide bonds. The van der Waals surface area contributed by atoms with Gasteiger partial charge in [-0.1, -0.05) is 0 Å². The van der Waals surface area contributed by atoms with Gasteiger partial charge in [-0.15, -0.1) is 10.2 Å². The van der Waals surface area contributed by atoms with E-state index in [1.54, 1.807) is 7.11 Å². The minimum atomic E-state index is 0.0874. The molecule has 0 N–H and O–H groups in total. The Morgan fingerprint density at radius 3 is 3.00 bits per heavy atom. The van der Waals surface area contributed by atoms with Gasteiger partial charge in [-0.05, 0) is 38.0 Å². The molecule has 21 heavy (non-hydrogen) atoms. The molecule has 2 fully saturated rings. The summed E-state index contributed by atoms with van der Waals surface area (Å²) in [5, 5.41) is 8.41. The standard InChI is InChI=1S/C15H24N4O2/c1-21-9-7-14(20)19-8-3-2-4-13(19)15-17-16-11-18(15)10-12-5-6-12/h11-13H,2-10H2,1H3/t13-/m0/s1. The highest BCUT2D eigenvalue weighted by Gasteiger charge is 2.32. The van der Waals surface area contributed by atoms with Gasteiger partial charge in [-0.3, -0.25) is 4.79 Å². The van der Waals surface area contributed by atoms with Crippen LogP contribution >= 0.6 is 0 Å². The maximum atomic E-state index is 12.4. The Hall–Kier alpha value is -1.43. The monoisotopic (exact) mass is 292 g/mol. The van der Waals surface area contributed by atoms with Crippen molar-refractivity contribution in [2.75, 3.05) is 20.3 Å². The fraction of sp³-hybridized carbons (Fsp3) is 0.800. The summed E-state index contributed by atoms with van der Waals surface area (Å²) in [5.41, 5.74) is 0. The topological polar surface area (TPSA) is 60.2 Å². The summed E-state index contributed by atoms with van der Waals surface area (Å²) in [4.78, 5) is 14.4. The normalized spacial score (nSPS) is 22.5. The molecule has 0 unspecified atom stereocenters. The summed E-state index contributed by atoms with van der Waals surface area (Å²) in [5.74, 6) is 1.91. The van der Waals surface area contributed by atoms with Crippen LogP contribution in [-0.4, -0.2) is 45.8 Å². The van der Waals surface area contributed by atoms with Gasteiger partial charge in [0.05, 0.1) is 19.1 Å². The van der Waals surface area contributed by atoms with Crippen LogP contribution in [-0.2, 0) is 16.1 Å². The highest BCUT2D eigenvalue weighted by Crippen LogP contribution is 2.34. The van der Waals surface area contributed by atoms with E-state index < -0.39 is 0 Å². The average molecular weight is 292 g/mol. The SMILES string of the molecule is COCCC(=O)N1CCCC[C@H]1c1nncn1CC1CC1. The molecule has 0 radical (unpaired) electrons. The molecule has 1 saturated heterocycles. The molecule has 1 atom stereocenters. The predicted octanol–water partition coefficient (Wildman–Crippen LogP) is 1.78. The molecule has 1 saturated carbocycles. The lowest BCUT2D eigenvalue weighted by Crippen LogP contribution is -2.40. The summed E-state index contributed by atoms with van der Waals surface area (Å²) in [6.07, 6.45) is 8.09. The molecule has 0 spiro atoms. The third-order valence-electron chi connectivity index (χ3n) is 4.44. The number of methoxy groups -OCH3 is 1. The van der Waals surface area contributed by atoms with Crippen molar-refractivity contribution in [3.8, 4) is 0 Å². The van der Waals surface area contributed by atoms with Crippen molar-refractivity contribution in [2.45, 2.75) is 51.1 Å². The first-order valence-electron chi connectivity index (χ1n) is 7.95. The average Bonchev–Trinajstić information content (AvgIpc) is 3.21. The van der Waals surface area contributed by atoms with Crippen molar-refractivity contribution < 1.29 is 9.53 Å². The third kappa shape index (κ3) is 3.43. The van der Waals surface area contributed by atoms with Crippen molar-refractivity contribution in [1.82, 2.24) is 19.7 Å². The lowest BCUT2D eigenvalue weighted by Gasteiger charge is -2.35. The van der Waals surface area contributed by atoms with Gasteiger partial charge in [0.1, 0.15) is 6.33 Å². The van der Waals surface area contributed by atoms with E-state index in [-0.39, 0.29) is 11.9 Å². The van der Waals surface area contributed by atoms with E-state index >= 15 is 0 Å². The molecular formula is C15H24N4O2. The van der Waals surface area contributed by atoms with E-state index in [1.165, 1.54) is 12.8 Å². The highest BCUT2D eigenvalue weighted by atomic mass is 16.5. The van der Waals surface area contributed by atoms with Crippen LogP contribution < -0.4 is 0 Å². The Balaban J connectivity index is 1.73. The largest absolute Gasteiger partial charge is 0.384 e. The van der Waals surface area contributed by atoms with Crippen LogP contribution in [0.4, 0.5) is 0 Å². The molecule has 1 aliphatic carbocycles. The van der Waals surface area contributed by atoms with Gasteiger partial charge in [0, 0.05) is 20.2 Å². The fourth-order valence-electron chi connectivity index (χ4n) is 3.07. The predicted molar refractivity (Wildman–Crippen MR) is 77.5 cm³/mol. The summed E-state index contributed by atoms with van der Waals surface area (Å²) >= 11 is 0. The number of hydrogen-bond donors (Lipinski definition) is 0. The lowest BCUT2D eigenvalue weighted by atomic mass is 10.0. The third-order valence-corrected chi connectivity index (χ3v) is 4.44. The van der Waals surface area contributed by atoms with Crippen LogP contribution in [0.15, 0.2) is 6.33 Å². The van der Waals surface area contributed by atoms with Crippen molar-refractivity contribution in [1.29, 1.82) is 0 Å². The summed E-state index contributed by atoms with van der Waals surface area (Å²) in [6.45, 7) is 2.30. The quantitative estimate of drug-likeness (QED) is 0.802. The second-order valence-corrected chi connectivity index (χ2v) is 6.13. The number of nitrogens with zero attached hydrogens (tertiary/aromatic N) is 4. The van der Waals surface area contributed by atoms with Crippen molar-refractivity contribution in [3.05, 3.63) is 12.2 Å². The van der Waals surface area contributed by atoms with Gasteiger partial charge < -0.3 is 14.2 Å². The Labute approximate surface area is 125 Å². The minimum absolute atomic E-state index is 0.0874. The molecule has 116 valence electrons. The van der Waals surface area contributed by atoms with Crippen LogP contribution in [0.2, 0.25) is 0 Å². The van der Waals surface area contributed by atoms with Gasteiger partial charge in [0.15, 0.2) is 5.82 Å². The summed E-state index contributed by atoms with van der Waals surface area (Å²) in [7, 11) is 1.63. The molecule has 2 aliphatic rings. The van der Waals surface area contributed by atoms with Crippen LogP contribution in [0.3, 0.4) is 0 Å². The molecule has 2 heterocycles. The minimum Gasteiger partial charge on any atom is -0.384 e. The number of hydrogen-bond acceptors (Lipinski definition) is 4. The maximum Gasteiger partial charge on any atom is 0.225 e. The van der Waals surface area contributed by atoms with Gasteiger partial charge >= 0.3 is 0 Å². The van der Waals surface area contributed by atoms with Crippen molar-refractivity contribution >= 4 is 5.91 Å². The van der Waals surface area contributed by atoms with Crippen LogP contribution in [0.25, 0.3) is 0 Å². The number of piperidine rings is 1. The van der Waals surface area contributed by atoms with Gasteiger partial charge in [0.25, 0.3) is 0 Å². The van der Waals surface area contributed by atoms with Gasteiger partial charge in [-0.2, -0.15) is 0 Å². The lowest BCUT2D eigenvalue weighted by molar-refractivity contribution is -0.136. The first-order valence-corrected chi connectivity index (χ1v) is 7.95.